The number of likely N-dealkylation sites (N-methyl/N-ethyl adjacent to an activating group) is 1. The van der Waals surface area contributed by atoms with Crippen LogP contribution in [-0.4, -0.2) is 41.9 Å². The van der Waals surface area contributed by atoms with Crippen molar-refractivity contribution in [3.05, 3.63) is 75.6 Å². The van der Waals surface area contributed by atoms with E-state index in [1.54, 1.807) is 16.8 Å². The van der Waals surface area contributed by atoms with E-state index < -0.39 is 0 Å². The second-order valence-corrected chi connectivity index (χ2v) is 8.11. The van der Waals surface area contributed by atoms with Gasteiger partial charge in [-0.05, 0) is 50.1 Å². The fraction of sp³-hybridized carbons (Fsp3) is 0.320. The topological polar surface area (TPSA) is 94.5 Å². The van der Waals surface area contributed by atoms with Crippen LogP contribution in [0.4, 0.5) is 0 Å². The zero-order valence-corrected chi connectivity index (χ0v) is 20.5. The third-order valence-electron chi connectivity index (χ3n) is 5.30. The van der Waals surface area contributed by atoms with Crippen LogP contribution < -0.4 is 20.1 Å². The van der Waals surface area contributed by atoms with E-state index in [2.05, 4.69) is 15.7 Å². The fourth-order valence-corrected chi connectivity index (χ4v) is 3.77. The van der Waals surface area contributed by atoms with Crippen molar-refractivity contribution in [3.63, 3.8) is 0 Å². The lowest BCUT2D eigenvalue weighted by atomic mass is 10.1. The minimum absolute atomic E-state index is 0.100. The number of ether oxygens (including phenoxy) is 2. The van der Waals surface area contributed by atoms with Crippen molar-refractivity contribution in [2.75, 3.05) is 20.3 Å². The number of nitrogens with zero attached hydrogens (tertiary/aromatic N) is 2. The molecule has 34 heavy (non-hydrogen) atoms. The molecule has 0 spiro atoms. The van der Waals surface area contributed by atoms with Gasteiger partial charge in [0.25, 0.3) is 11.8 Å². The monoisotopic (exact) mass is 484 g/mol. The van der Waals surface area contributed by atoms with Gasteiger partial charge in [-0.3, -0.25) is 14.3 Å². The molecule has 8 nitrogen and oxygen atoms in total. The number of hydrogen-bond acceptors (Lipinski definition) is 5. The van der Waals surface area contributed by atoms with Crippen LogP contribution in [0.3, 0.4) is 0 Å². The number of rotatable bonds is 10. The van der Waals surface area contributed by atoms with Crippen molar-refractivity contribution >= 4 is 23.4 Å². The second-order valence-electron chi connectivity index (χ2n) is 7.70. The molecule has 2 N–H and O–H groups in total. The normalized spacial score (nSPS) is 10.6. The molecular weight excluding hydrogens is 456 g/mol. The molecule has 2 amide bonds. The van der Waals surface area contributed by atoms with E-state index in [4.69, 9.17) is 21.1 Å². The Kier molecular flexibility index (Phi) is 8.54. The summed E-state index contributed by atoms with van der Waals surface area (Å²) in [5.74, 6) is 0.519. The summed E-state index contributed by atoms with van der Waals surface area (Å²) in [6.07, 6.45) is 0. The summed E-state index contributed by atoms with van der Waals surface area (Å²) < 4.78 is 12.7. The number of aromatic nitrogens is 2. The van der Waals surface area contributed by atoms with Crippen molar-refractivity contribution in [1.82, 2.24) is 20.4 Å². The molecular formula is C25H29ClN4O4. The first-order chi connectivity index (χ1) is 16.3. The Labute approximate surface area is 204 Å². The van der Waals surface area contributed by atoms with Crippen LogP contribution in [0, 0.1) is 13.8 Å². The van der Waals surface area contributed by atoms with Crippen LogP contribution in [0.2, 0.25) is 5.02 Å². The molecule has 0 saturated carbocycles. The van der Waals surface area contributed by atoms with Crippen LogP contribution in [0.1, 0.15) is 39.8 Å². The Bertz CT molecular complexity index is 1180. The van der Waals surface area contributed by atoms with Crippen LogP contribution in [-0.2, 0) is 17.9 Å². The Morgan fingerprint density at radius 1 is 1.09 bits per heavy atom. The molecule has 3 rings (SSSR count). The SMILES string of the molecule is CCNC(=O)COc1ccc(CNC(=O)c2c(C)nn(Cc3ccccc3Cl)c2C)cc1OC. The lowest BCUT2D eigenvalue weighted by Crippen LogP contribution is -2.28. The van der Waals surface area contributed by atoms with Crippen LogP contribution >= 0.6 is 11.6 Å². The molecule has 0 radical (unpaired) electrons. The van der Waals surface area contributed by atoms with E-state index in [0.29, 0.717) is 47.4 Å². The minimum Gasteiger partial charge on any atom is -0.493 e. The van der Waals surface area contributed by atoms with E-state index in [1.807, 2.05) is 51.1 Å². The van der Waals surface area contributed by atoms with Crippen molar-refractivity contribution < 1.29 is 19.1 Å². The maximum Gasteiger partial charge on any atom is 0.257 e. The van der Waals surface area contributed by atoms with Crippen molar-refractivity contribution in [2.24, 2.45) is 0 Å². The molecule has 0 aliphatic heterocycles. The van der Waals surface area contributed by atoms with E-state index in [1.165, 1.54) is 7.11 Å². The van der Waals surface area contributed by atoms with Crippen LogP contribution in [0.5, 0.6) is 11.5 Å². The molecule has 0 aliphatic rings. The Morgan fingerprint density at radius 3 is 2.56 bits per heavy atom. The van der Waals surface area contributed by atoms with Gasteiger partial charge in [-0.1, -0.05) is 35.9 Å². The number of amides is 2. The van der Waals surface area contributed by atoms with Gasteiger partial charge in [-0.15, -0.1) is 0 Å². The third kappa shape index (κ3) is 6.08. The molecule has 0 bridgehead atoms. The maximum atomic E-state index is 13.0. The Morgan fingerprint density at radius 2 is 1.85 bits per heavy atom. The highest BCUT2D eigenvalue weighted by molar-refractivity contribution is 6.31. The highest BCUT2D eigenvalue weighted by atomic mass is 35.5. The average molecular weight is 485 g/mol. The third-order valence-corrected chi connectivity index (χ3v) is 5.67. The Hall–Kier alpha value is -3.52. The number of benzene rings is 2. The summed E-state index contributed by atoms with van der Waals surface area (Å²) >= 11 is 6.28. The Balaban J connectivity index is 1.67. The van der Waals surface area contributed by atoms with Gasteiger partial charge in [0.1, 0.15) is 0 Å². The highest BCUT2D eigenvalue weighted by Gasteiger charge is 2.19. The lowest BCUT2D eigenvalue weighted by Gasteiger charge is -2.13. The quantitative estimate of drug-likeness (QED) is 0.458. The van der Waals surface area contributed by atoms with Gasteiger partial charge in [-0.25, -0.2) is 0 Å². The first kappa shape index (κ1) is 25.1. The summed E-state index contributed by atoms with van der Waals surface area (Å²) in [5, 5.41) is 10.8. The van der Waals surface area contributed by atoms with E-state index >= 15 is 0 Å². The summed E-state index contributed by atoms with van der Waals surface area (Å²) in [6.45, 7) is 6.74. The van der Waals surface area contributed by atoms with Crippen molar-refractivity contribution in [3.8, 4) is 11.5 Å². The molecule has 0 unspecified atom stereocenters. The second kappa shape index (κ2) is 11.6. The minimum atomic E-state index is -0.212. The number of methoxy groups -OCH3 is 1. The maximum absolute atomic E-state index is 13.0. The molecule has 0 atom stereocenters. The van der Waals surface area contributed by atoms with Gasteiger partial charge in [-0.2, -0.15) is 5.10 Å². The molecule has 2 aromatic carbocycles. The molecule has 9 heteroatoms. The van der Waals surface area contributed by atoms with Gasteiger partial charge < -0.3 is 20.1 Å². The number of carbonyl (C=O) groups excluding carboxylic acids is 2. The molecule has 0 saturated heterocycles. The van der Waals surface area contributed by atoms with E-state index in [9.17, 15) is 9.59 Å². The van der Waals surface area contributed by atoms with E-state index in [0.717, 1.165) is 16.8 Å². The summed E-state index contributed by atoms with van der Waals surface area (Å²) in [7, 11) is 1.52. The first-order valence-electron chi connectivity index (χ1n) is 11.0. The van der Waals surface area contributed by atoms with Crippen LogP contribution in [0.15, 0.2) is 42.5 Å². The van der Waals surface area contributed by atoms with Gasteiger partial charge >= 0.3 is 0 Å². The number of hydrogen-bond donors (Lipinski definition) is 2. The number of nitrogens with one attached hydrogen (secondary N) is 2. The van der Waals surface area contributed by atoms with Crippen LogP contribution in [0.25, 0.3) is 0 Å². The zero-order chi connectivity index (χ0) is 24.7. The van der Waals surface area contributed by atoms with Crippen molar-refractivity contribution in [2.45, 2.75) is 33.9 Å². The predicted molar refractivity (Wildman–Crippen MR) is 131 cm³/mol. The number of aryl methyl sites for hydroxylation is 1. The predicted octanol–water partition coefficient (Wildman–Crippen LogP) is 3.66. The zero-order valence-electron chi connectivity index (χ0n) is 19.8. The van der Waals surface area contributed by atoms with Gasteiger partial charge in [0.15, 0.2) is 18.1 Å². The largest absolute Gasteiger partial charge is 0.493 e. The van der Waals surface area contributed by atoms with E-state index in [-0.39, 0.29) is 18.4 Å². The fourth-order valence-electron chi connectivity index (χ4n) is 3.57. The highest BCUT2D eigenvalue weighted by Crippen LogP contribution is 2.28. The standard InChI is InChI=1S/C25H29ClN4O4/c1-5-27-23(31)15-34-21-11-10-18(12-22(21)33-4)13-28-25(32)24-16(2)29-30(17(24)3)14-19-8-6-7-9-20(19)26/h6-12H,5,13-15H2,1-4H3,(H,27,31)(H,28,32). The van der Waals surface area contributed by atoms with Crippen molar-refractivity contribution in [1.29, 1.82) is 0 Å². The van der Waals surface area contributed by atoms with Gasteiger partial charge in [0.05, 0.1) is 24.9 Å². The summed E-state index contributed by atoms with van der Waals surface area (Å²) in [6, 6.07) is 12.9. The molecule has 3 aromatic rings. The first-order valence-corrected chi connectivity index (χ1v) is 11.3. The molecule has 0 fully saturated rings. The molecule has 1 heterocycles. The molecule has 180 valence electrons. The summed E-state index contributed by atoms with van der Waals surface area (Å²) in [4.78, 5) is 24.6. The number of halogens is 1. The molecule has 0 aliphatic carbocycles. The lowest BCUT2D eigenvalue weighted by molar-refractivity contribution is -0.123. The van der Waals surface area contributed by atoms with Gasteiger partial charge in [0.2, 0.25) is 0 Å². The smallest absolute Gasteiger partial charge is 0.257 e. The number of carbonyl (C=O) groups is 2. The summed E-state index contributed by atoms with van der Waals surface area (Å²) in [5.41, 5.74) is 3.72. The average Bonchev–Trinajstić information content (AvgIpc) is 3.10. The molecule has 1 aromatic heterocycles. The van der Waals surface area contributed by atoms with Gasteiger partial charge in [0, 0.05) is 23.8 Å².